The summed E-state index contributed by atoms with van der Waals surface area (Å²) in [6, 6.07) is 6.57. The predicted molar refractivity (Wildman–Crippen MR) is 93.6 cm³/mol. The van der Waals surface area contributed by atoms with Gasteiger partial charge in [-0.2, -0.15) is 0 Å². The fourth-order valence-electron chi connectivity index (χ4n) is 3.75. The third kappa shape index (κ3) is 3.72. The SMILES string of the molecule is CC[NH+]1CC[NH+](C2CC(=O)N(c3ccc(NC(C)=O)cc3)C2=O)CC1. The number of hydrogen-bond acceptors (Lipinski definition) is 3. The zero-order valence-electron chi connectivity index (χ0n) is 14.8. The molecule has 134 valence electrons. The summed E-state index contributed by atoms with van der Waals surface area (Å²) in [5.41, 5.74) is 1.22. The third-order valence-corrected chi connectivity index (χ3v) is 5.18. The van der Waals surface area contributed by atoms with Crippen molar-refractivity contribution in [1.29, 1.82) is 0 Å². The van der Waals surface area contributed by atoms with Gasteiger partial charge in [0.15, 0.2) is 6.04 Å². The quantitative estimate of drug-likeness (QED) is 0.557. The molecule has 7 nitrogen and oxygen atoms in total. The summed E-state index contributed by atoms with van der Waals surface area (Å²) < 4.78 is 0. The van der Waals surface area contributed by atoms with Crippen molar-refractivity contribution in [3.63, 3.8) is 0 Å². The first-order valence-corrected chi connectivity index (χ1v) is 8.92. The molecular weight excluding hydrogens is 320 g/mol. The fraction of sp³-hybridized carbons (Fsp3) is 0.500. The molecule has 0 bridgehead atoms. The van der Waals surface area contributed by atoms with Crippen LogP contribution in [0.4, 0.5) is 11.4 Å². The number of piperazine rings is 1. The molecule has 25 heavy (non-hydrogen) atoms. The molecule has 2 heterocycles. The summed E-state index contributed by atoms with van der Waals surface area (Å²) in [6.07, 6.45) is 0.281. The number of imide groups is 1. The van der Waals surface area contributed by atoms with E-state index in [2.05, 4.69) is 12.2 Å². The van der Waals surface area contributed by atoms with Crippen molar-refractivity contribution in [2.75, 3.05) is 42.9 Å². The van der Waals surface area contributed by atoms with E-state index in [4.69, 9.17) is 0 Å². The molecule has 0 saturated carbocycles. The number of carbonyl (C=O) groups is 3. The lowest BCUT2D eigenvalue weighted by molar-refractivity contribution is -1.02. The first kappa shape index (κ1) is 17.6. The van der Waals surface area contributed by atoms with E-state index in [0.29, 0.717) is 11.4 Å². The number of benzene rings is 1. The molecule has 1 aromatic rings. The van der Waals surface area contributed by atoms with Crippen LogP contribution < -0.4 is 20.0 Å². The van der Waals surface area contributed by atoms with Crippen LogP contribution in [0.5, 0.6) is 0 Å². The summed E-state index contributed by atoms with van der Waals surface area (Å²) in [5.74, 6) is -0.398. The zero-order chi connectivity index (χ0) is 18.0. The van der Waals surface area contributed by atoms with Gasteiger partial charge in [-0.25, -0.2) is 4.90 Å². The minimum Gasteiger partial charge on any atom is -0.326 e. The largest absolute Gasteiger partial charge is 0.326 e. The molecule has 3 N–H and O–H groups in total. The highest BCUT2D eigenvalue weighted by atomic mass is 16.2. The maximum atomic E-state index is 12.8. The Kier molecular flexibility index (Phi) is 5.15. The van der Waals surface area contributed by atoms with E-state index in [1.165, 1.54) is 16.7 Å². The van der Waals surface area contributed by atoms with Crippen LogP contribution in [0.15, 0.2) is 24.3 Å². The molecular formula is C18H26N4O3+2. The lowest BCUT2D eigenvalue weighted by atomic mass is 10.1. The summed E-state index contributed by atoms with van der Waals surface area (Å²) in [6.45, 7) is 8.69. The van der Waals surface area contributed by atoms with Crippen LogP contribution >= 0.6 is 0 Å². The average Bonchev–Trinajstić information content (AvgIpc) is 2.90. The number of rotatable bonds is 4. The van der Waals surface area contributed by atoms with E-state index in [9.17, 15) is 14.4 Å². The van der Waals surface area contributed by atoms with Crippen molar-refractivity contribution in [2.24, 2.45) is 0 Å². The topological polar surface area (TPSA) is 75.4 Å². The fourth-order valence-corrected chi connectivity index (χ4v) is 3.75. The lowest BCUT2D eigenvalue weighted by Gasteiger charge is -2.31. The van der Waals surface area contributed by atoms with Crippen LogP contribution in [-0.4, -0.2) is 56.5 Å². The summed E-state index contributed by atoms with van der Waals surface area (Å²) in [7, 11) is 0. The number of anilines is 2. The maximum Gasteiger partial charge on any atom is 0.292 e. The van der Waals surface area contributed by atoms with Crippen molar-refractivity contribution in [1.82, 2.24) is 0 Å². The van der Waals surface area contributed by atoms with Gasteiger partial charge in [0.05, 0.1) is 18.7 Å². The number of nitrogens with zero attached hydrogens (tertiary/aromatic N) is 1. The zero-order valence-corrected chi connectivity index (χ0v) is 14.8. The molecule has 2 aliphatic rings. The van der Waals surface area contributed by atoms with E-state index >= 15 is 0 Å². The van der Waals surface area contributed by atoms with Crippen molar-refractivity contribution >= 4 is 29.1 Å². The van der Waals surface area contributed by atoms with Gasteiger partial charge in [0, 0.05) is 12.6 Å². The Bertz CT molecular complexity index is 665. The van der Waals surface area contributed by atoms with Gasteiger partial charge in [-0.05, 0) is 31.2 Å². The normalized spacial score (nSPS) is 26.8. The molecule has 0 radical (unpaired) electrons. The average molecular weight is 346 g/mol. The summed E-state index contributed by atoms with van der Waals surface area (Å²) in [4.78, 5) is 40.5. The Balaban J connectivity index is 1.70. The van der Waals surface area contributed by atoms with Crippen LogP contribution in [0.2, 0.25) is 0 Å². The number of amides is 3. The number of carbonyl (C=O) groups excluding carboxylic acids is 3. The Morgan fingerprint density at radius 3 is 2.36 bits per heavy atom. The minimum absolute atomic E-state index is 0.104. The van der Waals surface area contributed by atoms with Crippen molar-refractivity contribution in [3.05, 3.63) is 24.3 Å². The van der Waals surface area contributed by atoms with Crippen LogP contribution in [-0.2, 0) is 14.4 Å². The Hall–Kier alpha value is -2.25. The van der Waals surface area contributed by atoms with Gasteiger partial charge in [0.2, 0.25) is 11.8 Å². The number of hydrogen-bond donors (Lipinski definition) is 3. The van der Waals surface area contributed by atoms with Gasteiger partial charge in [-0.3, -0.25) is 14.4 Å². The van der Waals surface area contributed by atoms with E-state index in [-0.39, 0.29) is 30.2 Å². The first-order valence-electron chi connectivity index (χ1n) is 8.92. The standard InChI is InChI=1S/C18H24N4O3/c1-3-20-8-10-21(11-9-20)16-12-17(24)22(18(16)25)15-6-4-14(5-7-15)19-13(2)23/h4-7,16H,3,8-12H2,1-2H3,(H,19,23)/p+2. The second kappa shape index (κ2) is 7.33. The Morgan fingerprint density at radius 1 is 1.16 bits per heavy atom. The molecule has 2 saturated heterocycles. The predicted octanol–water partition coefficient (Wildman–Crippen LogP) is -1.92. The molecule has 2 fully saturated rings. The van der Waals surface area contributed by atoms with E-state index in [1.54, 1.807) is 29.2 Å². The molecule has 0 aromatic heterocycles. The third-order valence-electron chi connectivity index (χ3n) is 5.18. The van der Waals surface area contributed by atoms with Gasteiger partial charge in [0.1, 0.15) is 26.2 Å². The molecule has 7 heteroatoms. The highest BCUT2D eigenvalue weighted by molar-refractivity contribution is 6.21. The smallest absolute Gasteiger partial charge is 0.292 e. The van der Waals surface area contributed by atoms with Gasteiger partial charge in [-0.1, -0.05) is 0 Å². The molecule has 1 aromatic carbocycles. The second-order valence-electron chi connectivity index (χ2n) is 6.81. The van der Waals surface area contributed by atoms with Crippen LogP contribution in [0.3, 0.4) is 0 Å². The molecule has 3 amide bonds. The van der Waals surface area contributed by atoms with Crippen LogP contribution in [0.25, 0.3) is 0 Å². The van der Waals surface area contributed by atoms with E-state index in [1.807, 2.05) is 0 Å². The molecule has 3 rings (SSSR count). The molecule has 1 unspecified atom stereocenters. The highest BCUT2D eigenvalue weighted by Gasteiger charge is 2.46. The highest BCUT2D eigenvalue weighted by Crippen LogP contribution is 2.23. The number of quaternary nitrogens is 2. The van der Waals surface area contributed by atoms with Crippen molar-refractivity contribution in [3.8, 4) is 0 Å². The minimum atomic E-state index is -0.263. The first-order chi connectivity index (χ1) is 12.0. The number of nitrogens with one attached hydrogen (secondary N) is 3. The molecule has 0 spiro atoms. The number of likely N-dealkylation sites (N-methyl/N-ethyl adjacent to an activating group) is 1. The van der Waals surface area contributed by atoms with Crippen LogP contribution in [0, 0.1) is 0 Å². The van der Waals surface area contributed by atoms with Gasteiger partial charge < -0.3 is 15.1 Å². The van der Waals surface area contributed by atoms with E-state index < -0.39 is 0 Å². The van der Waals surface area contributed by atoms with Gasteiger partial charge >= 0.3 is 0 Å². The van der Waals surface area contributed by atoms with Gasteiger partial charge in [-0.15, -0.1) is 0 Å². The van der Waals surface area contributed by atoms with Crippen LogP contribution in [0.1, 0.15) is 20.3 Å². The molecule has 1 atom stereocenters. The van der Waals surface area contributed by atoms with Gasteiger partial charge in [0.25, 0.3) is 5.91 Å². The lowest BCUT2D eigenvalue weighted by Crippen LogP contribution is -3.29. The maximum absolute atomic E-state index is 12.8. The van der Waals surface area contributed by atoms with Crippen molar-refractivity contribution in [2.45, 2.75) is 26.3 Å². The van der Waals surface area contributed by atoms with E-state index in [0.717, 1.165) is 32.7 Å². The molecule has 2 aliphatic heterocycles. The van der Waals surface area contributed by atoms with Crippen molar-refractivity contribution < 1.29 is 24.2 Å². The summed E-state index contributed by atoms with van der Waals surface area (Å²) in [5, 5.41) is 2.68. The molecule has 0 aliphatic carbocycles. The monoisotopic (exact) mass is 346 g/mol. The Morgan fingerprint density at radius 2 is 1.80 bits per heavy atom. The second-order valence-corrected chi connectivity index (χ2v) is 6.81. The Labute approximate surface area is 147 Å². The summed E-state index contributed by atoms with van der Waals surface area (Å²) >= 11 is 0.